The van der Waals surface area contributed by atoms with Crippen LogP contribution in [0.4, 0.5) is 5.95 Å². The first kappa shape index (κ1) is 14.5. The van der Waals surface area contributed by atoms with Crippen molar-refractivity contribution >= 4 is 11.9 Å². The van der Waals surface area contributed by atoms with Crippen molar-refractivity contribution in [3.63, 3.8) is 0 Å². The number of nitrogens with zero attached hydrogens (tertiary/aromatic N) is 3. The van der Waals surface area contributed by atoms with Gasteiger partial charge < -0.3 is 9.64 Å². The summed E-state index contributed by atoms with van der Waals surface area (Å²) in [6.45, 7) is 5.63. The van der Waals surface area contributed by atoms with Crippen molar-refractivity contribution in [3.8, 4) is 0 Å². The molecule has 0 aliphatic carbocycles. The summed E-state index contributed by atoms with van der Waals surface area (Å²) in [4.78, 5) is 22.8. The lowest BCUT2D eigenvalue weighted by Gasteiger charge is -2.29. The predicted octanol–water partition coefficient (Wildman–Crippen LogP) is 2.52. The van der Waals surface area contributed by atoms with E-state index in [1.54, 1.807) is 13.1 Å². The van der Waals surface area contributed by atoms with Crippen molar-refractivity contribution < 1.29 is 9.53 Å². The van der Waals surface area contributed by atoms with Crippen molar-refractivity contribution in [1.29, 1.82) is 0 Å². The van der Waals surface area contributed by atoms with E-state index < -0.39 is 0 Å². The highest BCUT2D eigenvalue weighted by atomic mass is 16.5. The second-order valence-electron chi connectivity index (χ2n) is 5.33. The molecule has 0 spiro atoms. The van der Waals surface area contributed by atoms with Gasteiger partial charge in [-0.25, -0.2) is 14.8 Å². The number of carbonyl (C=O) groups is 1. The summed E-state index contributed by atoms with van der Waals surface area (Å²) >= 11 is 0. The third-order valence-corrected chi connectivity index (χ3v) is 3.88. The Kier molecular flexibility index (Phi) is 4.04. The van der Waals surface area contributed by atoms with E-state index in [0.29, 0.717) is 23.8 Å². The molecule has 2 heterocycles. The maximum atomic E-state index is 11.8. The molecule has 1 aliphatic rings. The van der Waals surface area contributed by atoms with Gasteiger partial charge >= 0.3 is 5.97 Å². The molecule has 0 atom stereocenters. The number of benzene rings is 1. The first-order valence-corrected chi connectivity index (χ1v) is 7.51. The fourth-order valence-corrected chi connectivity index (χ4v) is 2.68. The maximum absolute atomic E-state index is 11.8. The third kappa shape index (κ3) is 2.79. The minimum absolute atomic E-state index is 0.350. The van der Waals surface area contributed by atoms with Crippen molar-refractivity contribution in [2.45, 2.75) is 26.8 Å². The number of ether oxygens (including phenoxy) is 1. The zero-order chi connectivity index (χ0) is 15.5. The molecule has 1 aromatic carbocycles. The zero-order valence-electron chi connectivity index (χ0n) is 12.9. The summed E-state index contributed by atoms with van der Waals surface area (Å²) in [7, 11) is 0. The largest absolute Gasteiger partial charge is 0.462 e. The molecule has 3 rings (SSSR count). The predicted molar refractivity (Wildman–Crippen MR) is 83.9 cm³/mol. The molecule has 0 N–H and O–H groups in total. The SMILES string of the molecule is CCOC(=O)c1cnc(N2CCc3ccccc3C2)nc1C. The van der Waals surface area contributed by atoms with Crippen LogP contribution in [0.25, 0.3) is 0 Å². The number of carbonyl (C=O) groups excluding carboxylic acids is 1. The van der Waals surface area contributed by atoms with Crippen LogP contribution in [-0.2, 0) is 17.7 Å². The Hall–Kier alpha value is -2.43. The van der Waals surface area contributed by atoms with Crippen molar-refractivity contribution in [2.24, 2.45) is 0 Å². The van der Waals surface area contributed by atoms with Crippen LogP contribution in [0.5, 0.6) is 0 Å². The van der Waals surface area contributed by atoms with E-state index in [4.69, 9.17) is 4.74 Å². The lowest BCUT2D eigenvalue weighted by Crippen LogP contribution is -2.32. The van der Waals surface area contributed by atoms with Crippen LogP contribution in [0.2, 0.25) is 0 Å². The standard InChI is InChI=1S/C17H19N3O2/c1-3-22-16(21)15-10-18-17(19-12(15)2)20-9-8-13-6-4-5-7-14(13)11-20/h4-7,10H,3,8-9,11H2,1-2H3. The van der Waals surface area contributed by atoms with Gasteiger partial charge in [0.05, 0.1) is 17.9 Å². The lowest BCUT2D eigenvalue weighted by molar-refractivity contribution is 0.0524. The number of aromatic nitrogens is 2. The molecular weight excluding hydrogens is 278 g/mol. The Morgan fingerprint density at radius 2 is 2.09 bits per heavy atom. The van der Waals surface area contributed by atoms with Gasteiger partial charge in [-0.05, 0) is 31.4 Å². The smallest absolute Gasteiger partial charge is 0.341 e. The minimum atomic E-state index is -0.365. The molecular formula is C17H19N3O2. The molecule has 114 valence electrons. The molecule has 0 saturated heterocycles. The van der Waals surface area contributed by atoms with Gasteiger partial charge in [-0.1, -0.05) is 24.3 Å². The highest BCUT2D eigenvalue weighted by molar-refractivity contribution is 5.90. The highest BCUT2D eigenvalue weighted by Gasteiger charge is 2.20. The second kappa shape index (κ2) is 6.13. The van der Waals surface area contributed by atoms with Crippen LogP contribution < -0.4 is 4.90 Å². The highest BCUT2D eigenvalue weighted by Crippen LogP contribution is 2.22. The number of hydrogen-bond acceptors (Lipinski definition) is 5. The number of rotatable bonds is 3. The monoisotopic (exact) mass is 297 g/mol. The molecule has 0 radical (unpaired) electrons. The number of aryl methyl sites for hydroxylation is 1. The van der Waals surface area contributed by atoms with Crippen molar-refractivity contribution in [3.05, 3.63) is 52.8 Å². The molecule has 0 unspecified atom stereocenters. The van der Waals surface area contributed by atoms with E-state index in [0.717, 1.165) is 19.5 Å². The Bertz CT molecular complexity index is 700. The van der Waals surface area contributed by atoms with E-state index in [1.807, 2.05) is 6.92 Å². The van der Waals surface area contributed by atoms with Gasteiger partial charge in [0.2, 0.25) is 5.95 Å². The van der Waals surface area contributed by atoms with E-state index in [2.05, 4.69) is 39.1 Å². The van der Waals surface area contributed by atoms with Crippen molar-refractivity contribution in [1.82, 2.24) is 9.97 Å². The first-order valence-electron chi connectivity index (χ1n) is 7.51. The number of fused-ring (bicyclic) bond motifs is 1. The van der Waals surface area contributed by atoms with E-state index in [-0.39, 0.29) is 5.97 Å². The van der Waals surface area contributed by atoms with Crippen LogP contribution in [0.3, 0.4) is 0 Å². The van der Waals surface area contributed by atoms with Gasteiger partial charge in [0.15, 0.2) is 0 Å². The molecule has 1 aromatic heterocycles. The minimum Gasteiger partial charge on any atom is -0.462 e. The summed E-state index contributed by atoms with van der Waals surface area (Å²) in [6.07, 6.45) is 2.55. The normalized spacial score (nSPS) is 13.6. The Labute approximate surface area is 130 Å². The number of hydrogen-bond donors (Lipinski definition) is 0. The van der Waals surface area contributed by atoms with Gasteiger partial charge in [0.25, 0.3) is 0 Å². The first-order chi connectivity index (χ1) is 10.7. The van der Waals surface area contributed by atoms with Crippen LogP contribution in [-0.4, -0.2) is 29.1 Å². The Morgan fingerprint density at radius 1 is 1.32 bits per heavy atom. The Morgan fingerprint density at radius 3 is 2.82 bits per heavy atom. The summed E-state index contributed by atoms with van der Waals surface area (Å²) in [5.41, 5.74) is 3.79. The fraction of sp³-hybridized carbons (Fsp3) is 0.353. The number of anilines is 1. The molecule has 5 nitrogen and oxygen atoms in total. The lowest BCUT2D eigenvalue weighted by atomic mass is 10.0. The van der Waals surface area contributed by atoms with Crippen LogP contribution >= 0.6 is 0 Å². The van der Waals surface area contributed by atoms with Crippen LogP contribution in [0, 0.1) is 6.92 Å². The topological polar surface area (TPSA) is 55.3 Å². The molecule has 2 aromatic rings. The fourth-order valence-electron chi connectivity index (χ4n) is 2.68. The average Bonchev–Trinajstić information content (AvgIpc) is 2.54. The summed E-state index contributed by atoms with van der Waals surface area (Å²) < 4.78 is 5.01. The Balaban J connectivity index is 1.82. The molecule has 22 heavy (non-hydrogen) atoms. The van der Waals surface area contributed by atoms with Crippen LogP contribution in [0.1, 0.15) is 34.1 Å². The second-order valence-corrected chi connectivity index (χ2v) is 5.33. The van der Waals surface area contributed by atoms with Gasteiger partial charge in [0.1, 0.15) is 0 Å². The summed E-state index contributed by atoms with van der Waals surface area (Å²) in [6, 6.07) is 8.44. The summed E-state index contributed by atoms with van der Waals surface area (Å²) in [5.74, 6) is 0.301. The molecule has 1 aliphatic heterocycles. The maximum Gasteiger partial charge on any atom is 0.341 e. The number of esters is 1. The zero-order valence-corrected chi connectivity index (χ0v) is 12.9. The van der Waals surface area contributed by atoms with E-state index >= 15 is 0 Å². The molecule has 0 amide bonds. The van der Waals surface area contributed by atoms with E-state index in [9.17, 15) is 4.79 Å². The van der Waals surface area contributed by atoms with Crippen LogP contribution in [0.15, 0.2) is 30.5 Å². The third-order valence-electron chi connectivity index (χ3n) is 3.88. The van der Waals surface area contributed by atoms with Gasteiger partial charge in [-0.15, -0.1) is 0 Å². The molecule has 0 bridgehead atoms. The van der Waals surface area contributed by atoms with E-state index in [1.165, 1.54) is 11.1 Å². The average molecular weight is 297 g/mol. The quantitative estimate of drug-likeness (QED) is 0.815. The molecule has 5 heteroatoms. The summed E-state index contributed by atoms with van der Waals surface area (Å²) in [5, 5.41) is 0. The van der Waals surface area contributed by atoms with Gasteiger partial charge in [-0.2, -0.15) is 0 Å². The molecule has 0 fully saturated rings. The molecule has 0 saturated carbocycles. The van der Waals surface area contributed by atoms with Crippen molar-refractivity contribution in [2.75, 3.05) is 18.1 Å². The van der Waals surface area contributed by atoms with Gasteiger partial charge in [0, 0.05) is 19.3 Å². The van der Waals surface area contributed by atoms with Gasteiger partial charge in [-0.3, -0.25) is 0 Å².